The molecule has 4 heteroatoms. The molecule has 1 heterocycles. The van der Waals surface area contributed by atoms with E-state index < -0.39 is 0 Å². The van der Waals surface area contributed by atoms with E-state index in [0.717, 1.165) is 17.1 Å². The van der Waals surface area contributed by atoms with Crippen LogP contribution in [0.25, 0.3) is 0 Å². The molecule has 3 N–H and O–H groups in total. The Kier molecular flexibility index (Phi) is 4.97. The second-order valence-electron chi connectivity index (χ2n) is 5.77. The van der Waals surface area contributed by atoms with Crippen LogP contribution in [0.3, 0.4) is 0 Å². The van der Waals surface area contributed by atoms with Crippen molar-refractivity contribution in [3.05, 3.63) is 23.0 Å². The van der Waals surface area contributed by atoms with E-state index in [4.69, 9.17) is 5.73 Å². The number of nitrogens with one attached hydrogen (secondary N) is 1. The summed E-state index contributed by atoms with van der Waals surface area (Å²) in [5.74, 6) is 0.620. The molecule has 20 heavy (non-hydrogen) atoms. The highest BCUT2D eigenvalue weighted by Crippen LogP contribution is 2.29. The van der Waals surface area contributed by atoms with Gasteiger partial charge in [0.1, 0.15) is 6.07 Å². The highest BCUT2D eigenvalue weighted by Gasteiger charge is 2.23. The van der Waals surface area contributed by atoms with E-state index >= 15 is 0 Å². The van der Waals surface area contributed by atoms with Crippen LogP contribution < -0.4 is 11.1 Å². The number of nitriles is 1. The van der Waals surface area contributed by atoms with Crippen LogP contribution in [-0.2, 0) is 0 Å². The lowest BCUT2D eigenvalue weighted by molar-refractivity contribution is 0.320. The van der Waals surface area contributed by atoms with Crippen LogP contribution in [0.2, 0.25) is 0 Å². The molecule has 4 nitrogen and oxygen atoms in total. The molecule has 0 radical (unpaired) electrons. The van der Waals surface area contributed by atoms with Crippen molar-refractivity contribution in [1.29, 1.82) is 5.26 Å². The molecule has 1 aliphatic rings. The Labute approximate surface area is 121 Å². The van der Waals surface area contributed by atoms with Gasteiger partial charge in [-0.15, -0.1) is 0 Å². The molecular formula is C16H24N4. The van der Waals surface area contributed by atoms with Crippen LogP contribution in [-0.4, -0.2) is 17.6 Å². The summed E-state index contributed by atoms with van der Waals surface area (Å²) in [5.41, 5.74) is 9.21. The quantitative estimate of drug-likeness (QED) is 0.883. The summed E-state index contributed by atoms with van der Waals surface area (Å²) in [4.78, 5) is 4.36. The van der Waals surface area contributed by atoms with Crippen molar-refractivity contribution in [2.24, 2.45) is 11.7 Å². The second kappa shape index (κ2) is 6.71. The minimum Gasteiger partial charge on any atom is -0.380 e. The first-order valence-corrected chi connectivity index (χ1v) is 7.50. The van der Waals surface area contributed by atoms with Crippen molar-refractivity contribution in [3.63, 3.8) is 0 Å². The van der Waals surface area contributed by atoms with Gasteiger partial charge in [-0.25, -0.2) is 0 Å². The van der Waals surface area contributed by atoms with Crippen molar-refractivity contribution in [2.45, 2.75) is 52.0 Å². The zero-order chi connectivity index (χ0) is 14.5. The number of nitrogens with two attached hydrogens (primary N) is 1. The van der Waals surface area contributed by atoms with Gasteiger partial charge in [-0.05, 0) is 38.7 Å². The molecule has 0 spiro atoms. The van der Waals surface area contributed by atoms with Gasteiger partial charge in [0.2, 0.25) is 0 Å². The maximum absolute atomic E-state index is 9.32. The maximum atomic E-state index is 9.32. The normalized spacial score (nSPS) is 17.5. The van der Waals surface area contributed by atoms with Gasteiger partial charge in [-0.2, -0.15) is 5.26 Å². The third-order valence-corrected chi connectivity index (χ3v) is 4.25. The van der Waals surface area contributed by atoms with Crippen molar-refractivity contribution < 1.29 is 0 Å². The number of anilines is 1. The number of aromatic nitrogens is 1. The Bertz CT molecular complexity index is 498. The summed E-state index contributed by atoms with van der Waals surface area (Å²) < 4.78 is 0. The highest BCUT2D eigenvalue weighted by atomic mass is 15.0. The number of hydrogen-bond acceptors (Lipinski definition) is 4. The second-order valence-corrected chi connectivity index (χ2v) is 5.77. The topological polar surface area (TPSA) is 74.7 Å². The Morgan fingerprint density at radius 3 is 2.70 bits per heavy atom. The smallest absolute Gasteiger partial charge is 0.103 e. The molecule has 2 rings (SSSR count). The average Bonchev–Trinajstić information content (AvgIpc) is 2.45. The lowest BCUT2D eigenvalue weighted by Crippen LogP contribution is -2.37. The molecule has 1 aromatic heterocycles. The molecule has 1 aliphatic carbocycles. The lowest BCUT2D eigenvalue weighted by atomic mass is 9.83. The van der Waals surface area contributed by atoms with E-state index in [2.05, 4.69) is 16.4 Å². The van der Waals surface area contributed by atoms with Crippen LogP contribution in [0.1, 0.15) is 49.1 Å². The monoisotopic (exact) mass is 272 g/mol. The fourth-order valence-electron chi connectivity index (χ4n) is 3.19. The minimum atomic E-state index is 0.253. The van der Waals surface area contributed by atoms with Gasteiger partial charge in [-0.1, -0.05) is 19.3 Å². The summed E-state index contributed by atoms with van der Waals surface area (Å²) in [6.45, 7) is 4.45. The number of nitrogens with zero attached hydrogens (tertiary/aromatic N) is 2. The predicted molar refractivity (Wildman–Crippen MR) is 81.5 cm³/mol. The third-order valence-electron chi connectivity index (χ3n) is 4.25. The van der Waals surface area contributed by atoms with Crippen LogP contribution in [0.4, 0.5) is 5.69 Å². The van der Waals surface area contributed by atoms with Gasteiger partial charge in [0.25, 0.3) is 0 Å². The van der Waals surface area contributed by atoms with Crippen LogP contribution in [0, 0.1) is 31.1 Å². The minimum absolute atomic E-state index is 0.253. The molecule has 108 valence electrons. The molecule has 0 aliphatic heterocycles. The van der Waals surface area contributed by atoms with Gasteiger partial charge in [0, 0.05) is 18.3 Å². The largest absolute Gasteiger partial charge is 0.380 e. The first kappa shape index (κ1) is 14.8. The van der Waals surface area contributed by atoms with Crippen molar-refractivity contribution in [2.75, 3.05) is 11.9 Å². The first-order chi connectivity index (χ1) is 9.65. The van der Waals surface area contributed by atoms with E-state index in [1.807, 2.05) is 19.9 Å². The van der Waals surface area contributed by atoms with Crippen LogP contribution >= 0.6 is 0 Å². The van der Waals surface area contributed by atoms with Crippen LogP contribution in [0.5, 0.6) is 0 Å². The summed E-state index contributed by atoms with van der Waals surface area (Å²) in [7, 11) is 0. The van der Waals surface area contributed by atoms with Crippen molar-refractivity contribution >= 4 is 5.69 Å². The molecular weight excluding hydrogens is 248 g/mol. The summed E-state index contributed by atoms with van der Waals surface area (Å²) in [5, 5.41) is 12.8. The maximum Gasteiger partial charge on any atom is 0.103 e. The lowest BCUT2D eigenvalue weighted by Gasteiger charge is -2.31. The Morgan fingerprint density at radius 1 is 1.40 bits per heavy atom. The van der Waals surface area contributed by atoms with Gasteiger partial charge in [-0.3, -0.25) is 4.98 Å². The molecule has 0 saturated heterocycles. The van der Waals surface area contributed by atoms with Crippen molar-refractivity contribution in [1.82, 2.24) is 4.98 Å². The standard InChI is InChI=1S/C16H24N4/c1-11-8-15(14(9-17)12(2)19-11)20-16(10-18)13-6-4-3-5-7-13/h8,13,16H,3-7,10,18H2,1-2H3,(H,19,20). The molecule has 1 saturated carbocycles. The molecule has 0 aromatic carbocycles. The molecule has 1 fully saturated rings. The number of pyridine rings is 1. The van der Waals surface area contributed by atoms with Crippen molar-refractivity contribution in [3.8, 4) is 6.07 Å². The Hall–Kier alpha value is -1.60. The van der Waals surface area contributed by atoms with Gasteiger partial charge >= 0.3 is 0 Å². The van der Waals surface area contributed by atoms with E-state index in [9.17, 15) is 5.26 Å². The fraction of sp³-hybridized carbons (Fsp3) is 0.625. The van der Waals surface area contributed by atoms with E-state index in [1.54, 1.807) is 0 Å². The molecule has 1 unspecified atom stereocenters. The first-order valence-electron chi connectivity index (χ1n) is 7.50. The summed E-state index contributed by atoms with van der Waals surface area (Å²) in [6, 6.07) is 4.47. The number of hydrogen-bond donors (Lipinski definition) is 2. The zero-order valence-corrected chi connectivity index (χ0v) is 12.4. The van der Waals surface area contributed by atoms with E-state index in [-0.39, 0.29) is 6.04 Å². The zero-order valence-electron chi connectivity index (χ0n) is 12.4. The molecule has 0 bridgehead atoms. The average molecular weight is 272 g/mol. The predicted octanol–water partition coefficient (Wildman–Crippen LogP) is 2.89. The Morgan fingerprint density at radius 2 is 2.10 bits per heavy atom. The highest BCUT2D eigenvalue weighted by molar-refractivity contribution is 5.60. The van der Waals surface area contributed by atoms with E-state index in [0.29, 0.717) is 18.0 Å². The van der Waals surface area contributed by atoms with Gasteiger partial charge in [0.15, 0.2) is 0 Å². The molecule has 0 amide bonds. The summed E-state index contributed by atoms with van der Waals surface area (Å²) >= 11 is 0. The fourth-order valence-corrected chi connectivity index (χ4v) is 3.19. The molecule has 1 atom stereocenters. The number of rotatable bonds is 4. The van der Waals surface area contributed by atoms with Gasteiger partial charge < -0.3 is 11.1 Å². The van der Waals surface area contributed by atoms with Crippen LogP contribution in [0.15, 0.2) is 6.07 Å². The Balaban J connectivity index is 2.20. The molecule has 1 aromatic rings. The SMILES string of the molecule is Cc1cc(NC(CN)C2CCCCC2)c(C#N)c(C)n1. The third kappa shape index (κ3) is 3.29. The van der Waals surface area contributed by atoms with Gasteiger partial charge in [0.05, 0.1) is 16.9 Å². The van der Waals surface area contributed by atoms with E-state index in [1.165, 1.54) is 32.1 Å². The number of aryl methyl sites for hydroxylation is 2. The summed E-state index contributed by atoms with van der Waals surface area (Å²) in [6.07, 6.45) is 6.40.